The highest BCUT2D eigenvalue weighted by Gasteiger charge is 2.42. The number of nitrogens with zero attached hydrogens (tertiary/aromatic N) is 3. The molecule has 1 fully saturated rings. The normalized spacial score (nSPS) is 17.9. The second kappa shape index (κ2) is 9.35. The maximum atomic E-state index is 13.6. The Morgan fingerprint density at radius 2 is 1.69 bits per heavy atom. The minimum absolute atomic E-state index is 0.141. The standard InChI is InChI=1S/C25H28ClN3O3/c1-27-14-12-19(13-15-27)28(2)23-22(17-8-10-20(32-3)11-9-17)24(30)29(25(23)31)16-18-6-4-5-7-21(18)26/h4-11,19H,12-16H2,1-3H3. The molecule has 0 N–H and O–H groups in total. The predicted molar refractivity (Wildman–Crippen MR) is 125 cm³/mol. The van der Waals surface area contributed by atoms with Crippen LogP contribution in [0.1, 0.15) is 24.0 Å². The summed E-state index contributed by atoms with van der Waals surface area (Å²) < 4.78 is 5.26. The molecule has 2 heterocycles. The Kier molecular flexibility index (Phi) is 6.53. The van der Waals surface area contributed by atoms with Crippen LogP contribution in [-0.2, 0) is 16.1 Å². The monoisotopic (exact) mass is 453 g/mol. The number of likely N-dealkylation sites (N-methyl/N-ethyl adjacent to an activating group) is 1. The maximum absolute atomic E-state index is 13.6. The van der Waals surface area contributed by atoms with Gasteiger partial charge in [-0.15, -0.1) is 0 Å². The van der Waals surface area contributed by atoms with Crippen molar-refractivity contribution < 1.29 is 14.3 Å². The van der Waals surface area contributed by atoms with E-state index in [0.29, 0.717) is 27.6 Å². The number of halogens is 1. The smallest absolute Gasteiger partial charge is 0.278 e. The quantitative estimate of drug-likeness (QED) is 0.625. The molecule has 2 aromatic carbocycles. The lowest BCUT2D eigenvalue weighted by Crippen LogP contribution is -2.43. The van der Waals surface area contributed by atoms with Crippen LogP contribution >= 0.6 is 11.6 Å². The average Bonchev–Trinajstić information content (AvgIpc) is 3.05. The number of carbonyl (C=O) groups is 2. The summed E-state index contributed by atoms with van der Waals surface area (Å²) in [5.41, 5.74) is 2.35. The van der Waals surface area contributed by atoms with Crippen molar-refractivity contribution in [3.63, 3.8) is 0 Å². The maximum Gasteiger partial charge on any atom is 0.278 e. The van der Waals surface area contributed by atoms with Crippen LogP contribution in [-0.4, -0.2) is 66.9 Å². The SMILES string of the molecule is COc1ccc(C2=C(N(C)C3CCN(C)CC3)C(=O)N(Cc3ccccc3Cl)C2=O)cc1. The third-order valence-corrected chi connectivity index (χ3v) is 6.77. The zero-order chi connectivity index (χ0) is 22.8. The van der Waals surface area contributed by atoms with E-state index in [1.165, 1.54) is 4.90 Å². The lowest BCUT2D eigenvalue weighted by molar-refractivity contribution is -0.138. The second-order valence-electron chi connectivity index (χ2n) is 8.39. The van der Waals surface area contributed by atoms with E-state index < -0.39 is 0 Å². The molecular formula is C25H28ClN3O3. The van der Waals surface area contributed by atoms with Crippen molar-refractivity contribution in [3.8, 4) is 5.75 Å². The Balaban J connectivity index is 1.72. The van der Waals surface area contributed by atoms with Gasteiger partial charge in [-0.3, -0.25) is 14.5 Å². The first-order valence-electron chi connectivity index (χ1n) is 10.8. The number of rotatable bonds is 6. The van der Waals surface area contributed by atoms with Gasteiger partial charge in [0, 0.05) is 18.1 Å². The fraction of sp³-hybridized carbons (Fsp3) is 0.360. The van der Waals surface area contributed by atoms with Crippen molar-refractivity contribution in [1.82, 2.24) is 14.7 Å². The molecule has 2 amide bonds. The number of imide groups is 1. The zero-order valence-corrected chi connectivity index (χ0v) is 19.4. The molecule has 0 saturated carbocycles. The van der Waals surface area contributed by atoms with E-state index in [4.69, 9.17) is 16.3 Å². The Labute approximate surface area is 194 Å². The molecule has 0 aliphatic carbocycles. The minimum Gasteiger partial charge on any atom is -0.497 e. The van der Waals surface area contributed by atoms with Crippen molar-refractivity contribution in [2.75, 3.05) is 34.3 Å². The number of carbonyl (C=O) groups excluding carboxylic acids is 2. The van der Waals surface area contributed by atoms with Gasteiger partial charge >= 0.3 is 0 Å². The van der Waals surface area contributed by atoms with Gasteiger partial charge in [-0.25, -0.2) is 0 Å². The molecule has 4 rings (SSSR count). The summed E-state index contributed by atoms with van der Waals surface area (Å²) in [6, 6.07) is 14.8. The summed E-state index contributed by atoms with van der Waals surface area (Å²) in [5.74, 6) is 0.126. The van der Waals surface area contributed by atoms with Gasteiger partial charge in [-0.1, -0.05) is 41.9 Å². The molecule has 32 heavy (non-hydrogen) atoms. The molecule has 0 atom stereocenters. The van der Waals surface area contributed by atoms with E-state index >= 15 is 0 Å². The van der Waals surface area contributed by atoms with Gasteiger partial charge in [0.2, 0.25) is 0 Å². The first kappa shape index (κ1) is 22.4. The van der Waals surface area contributed by atoms with Crippen LogP contribution in [0.2, 0.25) is 5.02 Å². The summed E-state index contributed by atoms with van der Waals surface area (Å²) in [6.07, 6.45) is 1.89. The van der Waals surface area contributed by atoms with Crippen molar-refractivity contribution >= 4 is 29.0 Å². The number of ether oxygens (including phenoxy) is 1. The highest BCUT2D eigenvalue weighted by Crippen LogP contribution is 2.35. The van der Waals surface area contributed by atoms with Crippen molar-refractivity contribution in [2.45, 2.75) is 25.4 Å². The third-order valence-electron chi connectivity index (χ3n) is 6.40. The Morgan fingerprint density at radius 3 is 2.31 bits per heavy atom. The first-order valence-corrected chi connectivity index (χ1v) is 11.2. The zero-order valence-electron chi connectivity index (χ0n) is 18.7. The Bertz CT molecular complexity index is 1040. The summed E-state index contributed by atoms with van der Waals surface area (Å²) in [7, 11) is 5.63. The van der Waals surface area contributed by atoms with E-state index in [2.05, 4.69) is 11.9 Å². The van der Waals surface area contributed by atoms with Crippen LogP contribution in [0.5, 0.6) is 5.75 Å². The molecule has 0 aromatic heterocycles. The van der Waals surface area contributed by atoms with Crippen molar-refractivity contribution in [3.05, 3.63) is 70.4 Å². The van der Waals surface area contributed by atoms with Crippen LogP contribution in [0.15, 0.2) is 54.2 Å². The van der Waals surface area contributed by atoms with Crippen LogP contribution in [0, 0.1) is 0 Å². The molecular weight excluding hydrogens is 426 g/mol. The van der Waals surface area contributed by atoms with Gasteiger partial charge in [0.1, 0.15) is 11.4 Å². The van der Waals surface area contributed by atoms with Crippen LogP contribution in [0.3, 0.4) is 0 Å². The molecule has 2 aliphatic heterocycles. The fourth-order valence-electron chi connectivity index (χ4n) is 4.41. The van der Waals surface area contributed by atoms with Gasteiger partial charge in [-0.2, -0.15) is 0 Å². The van der Waals surface area contributed by atoms with Gasteiger partial charge < -0.3 is 14.5 Å². The predicted octanol–water partition coefficient (Wildman–Crippen LogP) is 3.65. The summed E-state index contributed by atoms with van der Waals surface area (Å²) in [6.45, 7) is 2.07. The molecule has 0 bridgehead atoms. The van der Waals surface area contributed by atoms with E-state index in [-0.39, 0.29) is 24.4 Å². The molecule has 1 saturated heterocycles. The largest absolute Gasteiger partial charge is 0.497 e. The van der Waals surface area contributed by atoms with Crippen molar-refractivity contribution in [1.29, 1.82) is 0 Å². The molecule has 2 aromatic rings. The number of piperidine rings is 1. The highest BCUT2D eigenvalue weighted by atomic mass is 35.5. The highest BCUT2D eigenvalue weighted by molar-refractivity contribution is 6.35. The van der Waals surface area contributed by atoms with Crippen molar-refractivity contribution in [2.24, 2.45) is 0 Å². The van der Waals surface area contributed by atoms with Crippen LogP contribution in [0.4, 0.5) is 0 Å². The first-order chi connectivity index (χ1) is 15.4. The number of amides is 2. The van der Waals surface area contributed by atoms with E-state index in [1.54, 1.807) is 13.2 Å². The second-order valence-corrected chi connectivity index (χ2v) is 8.79. The number of hydrogen-bond acceptors (Lipinski definition) is 5. The number of benzene rings is 2. The Morgan fingerprint density at radius 1 is 1.03 bits per heavy atom. The van der Waals surface area contributed by atoms with Gasteiger partial charge in [-0.05, 0) is 62.3 Å². The topological polar surface area (TPSA) is 53.1 Å². The number of hydrogen-bond donors (Lipinski definition) is 0. The molecule has 0 spiro atoms. The lowest BCUT2D eigenvalue weighted by Gasteiger charge is -2.36. The van der Waals surface area contributed by atoms with Crippen LogP contribution < -0.4 is 4.74 Å². The summed E-state index contributed by atoms with van der Waals surface area (Å²) in [4.78, 5) is 32.8. The van der Waals surface area contributed by atoms with E-state index in [1.807, 2.05) is 54.4 Å². The fourth-order valence-corrected chi connectivity index (χ4v) is 4.61. The summed E-state index contributed by atoms with van der Waals surface area (Å²) in [5, 5.41) is 0.538. The lowest BCUT2D eigenvalue weighted by atomic mass is 10.00. The molecule has 7 heteroatoms. The molecule has 0 unspecified atom stereocenters. The molecule has 2 aliphatic rings. The molecule has 168 valence electrons. The van der Waals surface area contributed by atoms with Gasteiger partial charge in [0.05, 0.1) is 19.2 Å². The summed E-state index contributed by atoms with van der Waals surface area (Å²) >= 11 is 6.33. The average molecular weight is 454 g/mol. The molecule has 0 radical (unpaired) electrons. The Hall–Kier alpha value is -2.83. The van der Waals surface area contributed by atoms with Gasteiger partial charge in [0.25, 0.3) is 11.8 Å². The van der Waals surface area contributed by atoms with E-state index in [0.717, 1.165) is 31.5 Å². The number of methoxy groups -OCH3 is 1. The van der Waals surface area contributed by atoms with Crippen LogP contribution in [0.25, 0.3) is 5.57 Å². The molecule has 6 nitrogen and oxygen atoms in total. The minimum atomic E-state index is -0.296. The van der Waals surface area contributed by atoms with E-state index in [9.17, 15) is 9.59 Å². The number of likely N-dealkylation sites (tertiary alicyclic amines) is 1. The van der Waals surface area contributed by atoms with Gasteiger partial charge in [0.15, 0.2) is 0 Å². The third kappa shape index (κ3) is 4.25.